The highest BCUT2D eigenvalue weighted by Crippen LogP contribution is 2.39. The van der Waals surface area contributed by atoms with Crippen LogP contribution in [0.4, 0.5) is 10.2 Å². The minimum absolute atomic E-state index is 0.0900. The number of nitrogens with two attached hydrogens (primary N) is 1. The Morgan fingerprint density at radius 3 is 2.77 bits per heavy atom. The number of ether oxygens (including phenoxy) is 2. The van der Waals surface area contributed by atoms with Crippen molar-refractivity contribution in [2.45, 2.75) is 32.5 Å². The number of pyridine rings is 1. The maximum atomic E-state index is 14.0. The number of halogens is 1. The summed E-state index contributed by atoms with van der Waals surface area (Å²) in [5.41, 5.74) is 6.31. The molecular formula is C22H20FN5O3. The number of anilines is 1. The molecular weight excluding hydrogens is 401 g/mol. The third-order valence-electron chi connectivity index (χ3n) is 5.19. The SMILES string of the molecule is C[C@H]1Oc2cc(cnc2N)-c2c(nn(C)c2C#N)OC(C)(C)C(=O)c2ccc(F)cc21. The number of nitriles is 1. The summed E-state index contributed by atoms with van der Waals surface area (Å²) in [5.74, 6) is -0.456. The van der Waals surface area contributed by atoms with Crippen molar-refractivity contribution in [2.75, 3.05) is 5.73 Å². The summed E-state index contributed by atoms with van der Waals surface area (Å²) in [6.45, 7) is 4.88. The maximum Gasteiger partial charge on any atom is 0.243 e. The van der Waals surface area contributed by atoms with Gasteiger partial charge in [0, 0.05) is 29.9 Å². The molecule has 0 spiro atoms. The van der Waals surface area contributed by atoms with Crippen molar-refractivity contribution in [3.8, 4) is 28.8 Å². The average Bonchev–Trinajstić information content (AvgIpc) is 3.02. The number of aryl methyl sites for hydroxylation is 1. The second-order valence-electron chi connectivity index (χ2n) is 7.80. The molecule has 31 heavy (non-hydrogen) atoms. The van der Waals surface area contributed by atoms with Crippen LogP contribution in [-0.4, -0.2) is 26.1 Å². The Bertz CT molecular complexity index is 1260. The zero-order valence-corrected chi connectivity index (χ0v) is 17.4. The number of aromatic nitrogens is 3. The third-order valence-corrected chi connectivity index (χ3v) is 5.19. The van der Waals surface area contributed by atoms with Crippen molar-refractivity contribution >= 4 is 11.6 Å². The second kappa shape index (κ2) is 7.09. The van der Waals surface area contributed by atoms with Crippen LogP contribution in [0.3, 0.4) is 0 Å². The number of nitrogen functional groups attached to an aromatic ring is 1. The van der Waals surface area contributed by atoms with E-state index in [1.807, 2.05) is 0 Å². The Morgan fingerprint density at radius 1 is 1.32 bits per heavy atom. The lowest BCUT2D eigenvalue weighted by atomic mass is 9.90. The quantitative estimate of drug-likeness (QED) is 0.590. The van der Waals surface area contributed by atoms with Gasteiger partial charge in [-0.25, -0.2) is 9.37 Å². The first-order valence-corrected chi connectivity index (χ1v) is 9.55. The first-order chi connectivity index (χ1) is 14.6. The highest BCUT2D eigenvalue weighted by Gasteiger charge is 2.36. The molecule has 0 aliphatic carbocycles. The third kappa shape index (κ3) is 3.36. The van der Waals surface area contributed by atoms with E-state index in [0.29, 0.717) is 16.7 Å². The van der Waals surface area contributed by atoms with Crippen molar-refractivity contribution in [1.29, 1.82) is 5.26 Å². The number of benzene rings is 1. The number of carbonyl (C=O) groups excluding carboxylic acids is 1. The van der Waals surface area contributed by atoms with Crippen molar-refractivity contribution in [2.24, 2.45) is 7.05 Å². The minimum Gasteiger partial charge on any atom is -0.482 e. The summed E-state index contributed by atoms with van der Waals surface area (Å²) >= 11 is 0. The van der Waals surface area contributed by atoms with Crippen LogP contribution in [-0.2, 0) is 7.05 Å². The molecule has 9 heteroatoms. The van der Waals surface area contributed by atoms with Crippen LogP contribution in [0.5, 0.6) is 11.6 Å². The van der Waals surface area contributed by atoms with Gasteiger partial charge in [0.05, 0.1) is 5.56 Å². The molecule has 0 saturated heterocycles. The number of Topliss-reactive ketones (excluding diaryl/α,β-unsaturated/α-hetero) is 1. The summed E-state index contributed by atoms with van der Waals surface area (Å²) in [6.07, 6.45) is 0.763. The van der Waals surface area contributed by atoms with E-state index in [1.165, 1.54) is 29.1 Å². The Balaban J connectivity index is 2.02. The number of fused-ring (bicyclic) bond motifs is 5. The van der Waals surface area contributed by atoms with Gasteiger partial charge in [0.15, 0.2) is 17.2 Å². The van der Waals surface area contributed by atoms with E-state index in [9.17, 15) is 14.4 Å². The Kier molecular flexibility index (Phi) is 4.65. The van der Waals surface area contributed by atoms with Crippen LogP contribution < -0.4 is 15.2 Å². The van der Waals surface area contributed by atoms with Gasteiger partial charge in [0.2, 0.25) is 11.7 Å². The smallest absolute Gasteiger partial charge is 0.243 e. The lowest BCUT2D eigenvalue weighted by molar-refractivity contribution is 0.0563. The molecule has 8 nitrogen and oxygen atoms in total. The molecule has 1 aliphatic rings. The molecule has 1 aliphatic heterocycles. The average molecular weight is 421 g/mol. The van der Waals surface area contributed by atoms with Crippen LogP contribution in [0.25, 0.3) is 11.1 Å². The number of hydrogen-bond donors (Lipinski definition) is 1. The van der Waals surface area contributed by atoms with Crippen molar-refractivity contribution in [1.82, 2.24) is 14.8 Å². The highest BCUT2D eigenvalue weighted by molar-refractivity contribution is 6.03. The normalized spacial score (nSPS) is 17.2. The number of nitrogens with zero attached hydrogens (tertiary/aromatic N) is 4. The Hall–Kier alpha value is -3.93. The molecule has 3 aromatic rings. The molecule has 0 saturated carbocycles. The maximum absolute atomic E-state index is 14.0. The molecule has 2 N–H and O–H groups in total. The monoisotopic (exact) mass is 421 g/mol. The molecule has 158 valence electrons. The van der Waals surface area contributed by atoms with Crippen molar-refractivity contribution in [3.63, 3.8) is 0 Å². The van der Waals surface area contributed by atoms with E-state index < -0.39 is 17.5 Å². The largest absolute Gasteiger partial charge is 0.482 e. The molecule has 4 rings (SSSR count). The fourth-order valence-corrected chi connectivity index (χ4v) is 3.59. The summed E-state index contributed by atoms with van der Waals surface area (Å²) in [6, 6.07) is 7.60. The standard InChI is InChI=1S/C22H20FN5O3/c1-11-15-8-13(23)5-6-14(15)19(29)22(2,3)31-21-18(16(9-24)28(4)27-21)12-7-17(30-11)20(25)26-10-12/h5-8,10-11H,1-4H3,(H2,25,26)/t11-/m1/s1. The van der Waals surface area contributed by atoms with E-state index in [0.717, 1.165) is 0 Å². The summed E-state index contributed by atoms with van der Waals surface area (Å²) in [7, 11) is 1.60. The Labute approximate surface area is 178 Å². The van der Waals surface area contributed by atoms with Gasteiger partial charge >= 0.3 is 0 Å². The van der Waals surface area contributed by atoms with Gasteiger partial charge in [-0.15, -0.1) is 5.10 Å². The lowest BCUT2D eigenvalue weighted by Crippen LogP contribution is -2.39. The minimum atomic E-state index is -1.37. The van der Waals surface area contributed by atoms with E-state index in [4.69, 9.17) is 15.2 Å². The summed E-state index contributed by atoms with van der Waals surface area (Å²) < 4.78 is 27.5. The van der Waals surface area contributed by atoms with E-state index in [-0.39, 0.29) is 34.5 Å². The van der Waals surface area contributed by atoms with Crippen LogP contribution in [0.2, 0.25) is 0 Å². The molecule has 1 atom stereocenters. The van der Waals surface area contributed by atoms with Gasteiger partial charge in [-0.1, -0.05) is 0 Å². The van der Waals surface area contributed by atoms with Gasteiger partial charge in [0.25, 0.3) is 0 Å². The first-order valence-electron chi connectivity index (χ1n) is 9.55. The first kappa shape index (κ1) is 20.3. The molecule has 0 unspecified atom stereocenters. The Morgan fingerprint density at radius 2 is 2.06 bits per heavy atom. The molecule has 0 amide bonds. The molecule has 2 bridgehead atoms. The second-order valence-corrected chi connectivity index (χ2v) is 7.80. The van der Waals surface area contributed by atoms with Gasteiger partial charge in [-0.05, 0) is 45.0 Å². The molecule has 0 fully saturated rings. The zero-order chi connectivity index (χ0) is 22.5. The van der Waals surface area contributed by atoms with Crippen LogP contribution in [0.15, 0.2) is 30.5 Å². The van der Waals surface area contributed by atoms with Gasteiger partial charge in [-0.3, -0.25) is 9.48 Å². The lowest BCUT2D eigenvalue weighted by Gasteiger charge is -2.27. The predicted molar refractivity (Wildman–Crippen MR) is 110 cm³/mol. The van der Waals surface area contributed by atoms with Gasteiger partial charge < -0.3 is 15.2 Å². The molecule has 0 radical (unpaired) electrons. The number of ketones is 1. The fourth-order valence-electron chi connectivity index (χ4n) is 3.59. The summed E-state index contributed by atoms with van der Waals surface area (Å²) in [4.78, 5) is 17.6. The van der Waals surface area contributed by atoms with E-state index in [1.54, 1.807) is 33.9 Å². The predicted octanol–water partition coefficient (Wildman–Crippen LogP) is 3.57. The number of carbonyl (C=O) groups is 1. The summed E-state index contributed by atoms with van der Waals surface area (Å²) in [5, 5.41) is 14.0. The highest BCUT2D eigenvalue weighted by atomic mass is 19.1. The van der Waals surface area contributed by atoms with Crippen LogP contribution in [0, 0.1) is 17.1 Å². The number of hydrogen-bond acceptors (Lipinski definition) is 7. The van der Waals surface area contributed by atoms with Crippen molar-refractivity contribution < 1.29 is 18.7 Å². The van der Waals surface area contributed by atoms with Gasteiger partial charge in [-0.2, -0.15) is 5.26 Å². The number of rotatable bonds is 0. The van der Waals surface area contributed by atoms with Gasteiger partial charge in [0.1, 0.15) is 23.7 Å². The molecule has 2 aromatic heterocycles. The van der Waals surface area contributed by atoms with Crippen LogP contribution >= 0.6 is 0 Å². The topological polar surface area (TPSA) is 116 Å². The van der Waals surface area contributed by atoms with Crippen molar-refractivity contribution in [3.05, 3.63) is 53.1 Å². The molecule has 1 aromatic carbocycles. The zero-order valence-electron chi connectivity index (χ0n) is 17.4. The van der Waals surface area contributed by atoms with E-state index in [2.05, 4.69) is 16.2 Å². The van der Waals surface area contributed by atoms with E-state index >= 15 is 0 Å². The molecule has 3 heterocycles. The van der Waals surface area contributed by atoms with Crippen LogP contribution in [0.1, 0.15) is 48.5 Å². The fraction of sp³-hybridized carbons (Fsp3) is 0.273.